The van der Waals surface area contributed by atoms with Crippen molar-refractivity contribution in [2.24, 2.45) is 0 Å². The molecule has 0 aromatic heterocycles. The van der Waals surface area contributed by atoms with Crippen LogP contribution in [0, 0.1) is 17.7 Å². The summed E-state index contributed by atoms with van der Waals surface area (Å²) >= 11 is 0. The van der Waals surface area contributed by atoms with E-state index >= 15 is 0 Å². The molecule has 1 aromatic carbocycles. The number of benzene rings is 1. The minimum absolute atomic E-state index is 0.00357. The van der Waals surface area contributed by atoms with Crippen molar-refractivity contribution in [3.8, 4) is 11.8 Å². The molecular formula is C12H15FN2O4S. The molecule has 0 saturated heterocycles. The molecule has 8 heteroatoms. The van der Waals surface area contributed by atoms with Crippen LogP contribution < -0.4 is 9.44 Å². The van der Waals surface area contributed by atoms with E-state index in [1.165, 1.54) is 19.2 Å². The van der Waals surface area contributed by atoms with Crippen LogP contribution in [0.25, 0.3) is 0 Å². The number of aliphatic hydroxyl groups excluding tert-OH is 1. The molecule has 1 rings (SSSR count). The van der Waals surface area contributed by atoms with Crippen LogP contribution in [0.2, 0.25) is 0 Å². The zero-order chi connectivity index (χ0) is 15.0. The van der Waals surface area contributed by atoms with Crippen LogP contribution in [0.4, 0.5) is 10.1 Å². The van der Waals surface area contributed by atoms with E-state index in [0.29, 0.717) is 0 Å². The normalized spacial score (nSPS) is 10.8. The van der Waals surface area contributed by atoms with Crippen molar-refractivity contribution in [3.05, 3.63) is 29.6 Å². The number of anilines is 1. The van der Waals surface area contributed by atoms with Gasteiger partial charge in [0.15, 0.2) is 0 Å². The number of rotatable bonds is 6. The maximum absolute atomic E-state index is 13.4. The van der Waals surface area contributed by atoms with E-state index in [2.05, 4.69) is 21.3 Å². The molecule has 1 aromatic rings. The summed E-state index contributed by atoms with van der Waals surface area (Å²) < 4.78 is 45.9. The number of methoxy groups -OCH3 is 1. The van der Waals surface area contributed by atoms with Gasteiger partial charge in [0.25, 0.3) is 10.2 Å². The molecule has 0 aliphatic heterocycles. The van der Waals surface area contributed by atoms with Gasteiger partial charge in [-0.15, -0.1) is 0 Å². The van der Waals surface area contributed by atoms with E-state index in [9.17, 15) is 12.8 Å². The third-order valence-corrected chi connectivity index (χ3v) is 3.21. The first-order chi connectivity index (χ1) is 9.48. The number of hydrogen-bond donors (Lipinski definition) is 3. The lowest BCUT2D eigenvalue weighted by molar-refractivity contribution is 0.204. The van der Waals surface area contributed by atoms with E-state index in [1.54, 1.807) is 0 Å². The van der Waals surface area contributed by atoms with Crippen LogP contribution in [0.15, 0.2) is 18.2 Å². The van der Waals surface area contributed by atoms with Crippen molar-refractivity contribution in [1.82, 2.24) is 4.72 Å². The highest BCUT2D eigenvalue weighted by Gasteiger charge is 2.10. The minimum atomic E-state index is -3.76. The quantitative estimate of drug-likeness (QED) is 0.512. The molecule has 0 spiro atoms. The fourth-order valence-electron chi connectivity index (χ4n) is 1.29. The van der Waals surface area contributed by atoms with E-state index in [-0.39, 0.29) is 24.4 Å². The van der Waals surface area contributed by atoms with Gasteiger partial charge in [-0.3, -0.25) is 4.72 Å². The number of hydrogen-bond acceptors (Lipinski definition) is 4. The van der Waals surface area contributed by atoms with Crippen LogP contribution in [0.3, 0.4) is 0 Å². The Bertz CT molecular complexity index is 608. The maximum Gasteiger partial charge on any atom is 0.299 e. The van der Waals surface area contributed by atoms with Gasteiger partial charge in [0.1, 0.15) is 12.4 Å². The smallest absolute Gasteiger partial charge is 0.299 e. The van der Waals surface area contributed by atoms with Crippen molar-refractivity contribution in [2.45, 2.75) is 0 Å². The summed E-state index contributed by atoms with van der Waals surface area (Å²) in [7, 11) is -2.30. The summed E-state index contributed by atoms with van der Waals surface area (Å²) in [6.07, 6.45) is 0. The third-order valence-electron chi connectivity index (χ3n) is 2.12. The monoisotopic (exact) mass is 302 g/mol. The molecule has 0 amide bonds. The lowest BCUT2D eigenvalue weighted by Gasteiger charge is -2.09. The van der Waals surface area contributed by atoms with Crippen molar-refractivity contribution < 1.29 is 22.7 Å². The Morgan fingerprint density at radius 3 is 2.85 bits per heavy atom. The van der Waals surface area contributed by atoms with Gasteiger partial charge in [0.05, 0.1) is 17.9 Å². The van der Waals surface area contributed by atoms with Gasteiger partial charge in [0, 0.05) is 13.7 Å². The van der Waals surface area contributed by atoms with Crippen LogP contribution in [0.1, 0.15) is 5.56 Å². The van der Waals surface area contributed by atoms with E-state index in [1.807, 2.05) is 0 Å². The molecule has 0 aliphatic rings. The molecule has 0 radical (unpaired) electrons. The highest BCUT2D eigenvalue weighted by Crippen LogP contribution is 2.14. The SMILES string of the molecule is COCCNS(=O)(=O)Nc1ccc(F)c(C#CCO)c1. The summed E-state index contributed by atoms with van der Waals surface area (Å²) in [5, 5.41) is 8.57. The van der Waals surface area contributed by atoms with Gasteiger partial charge >= 0.3 is 0 Å². The molecular weight excluding hydrogens is 287 g/mol. The van der Waals surface area contributed by atoms with Crippen molar-refractivity contribution in [3.63, 3.8) is 0 Å². The predicted octanol–water partition coefficient (Wildman–Crippen LogP) is 0.0622. The number of halogens is 1. The van der Waals surface area contributed by atoms with Gasteiger partial charge in [-0.2, -0.15) is 13.1 Å². The van der Waals surface area contributed by atoms with Gasteiger partial charge in [0.2, 0.25) is 0 Å². The second-order valence-corrected chi connectivity index (χ2v) is 5.15. The molecule has 0 saturated carbocycles. The average Bonchev–Trinajstić information content (AvgIpc) is 2.39. The molecule has 0 fully saturated rings. The summed E-state index contributed by atoms with van der Waals surface area (Å²) in [5.41, 5.74) is 0.162. The number of aliphatic hydroxyl groups is 1. The first-order valence-electron chi connectivity index (χ1n) is 5.64. The lowest BCUT2D eigenvalue weighted by Crippen LogP contribution is -2.32. The lowest BCUT2D eigenvalue weighted by atomic mass is 10.2. The van der Waals surface area contributed by atoms with Crippen molar-refractivity contribution in [1.29, 1.82) is 0 Å². The Hall–Kier alpha value is -1.66. The molecule has 20 heavy (non-hydrogen) atoms. The van der Waals surface area contributed by atoms with Crippen LogP contribution in [-0.2, 0) is 14.9 Å². The summed E-state index contributed by atoms with van der Waals surface area (Å²) in [6.45, 7) is -0.0598. The molecule has 3 N–H and O–H groups in total. The first kappa shape index (κ1) is 16.4. The van der Waals surface area contributed by atoms with Crippen LogP contribution in [0.5, 0.6) is 0 Å². The van der Waals surface area contributed by atoms with Gasteiger partial charge in [-0.1, -0.05) is 11.8 Å². The Labute approximate surface area is 117 Å². The number of ether oxygens (including phenoxy) is 1. The Morgan fingerprint density at radius 1 is 1.45 bits per heavy atom. The molecule has 110 valence electrons. The summed E-state index contributed by atoms with van der Waals surface area (Å²) in [4.78, 5) is 0. The van der Waals surface area contributed by atoms with E-state index in [0.717, 1.165) is 6.07 Å². The Balaban J connectivity index is 2.82. The fourth-order valence-corrected chi connectivity index (χ4v) is 2.15. The van der Waals surface area contributed by atoms with E-state index < -0.39 is 22.6 Å². The van der Waals surface area contributed by atoms with Gasteiger partial charge in [-0.25, -0.2) is 4.39 Å². The zero-order valence-corrected chi connectivity index (χ0v) is 11.6. The molecule has 6 nitrogen and oxygen atoms in total. The Morgan fingerprint density at radius 2 is 2.20 bits per heavy atom. The van der Waals surface area contributed by atoms with E-state index in [4.69, 9.17) is 9.84 Å². The molecule has 0 aliphatic carbocycles. The Kier molecular flexibility index (Phi) is 6.41. The second-order valence-electron chi connectivity index (χ2n) is 3.65. The molecule has 0 heterocycles. The van der Waals surface area contributed by atoms with Gasteiger partial charge < -0.3 is 9.84 Å². The topological polar surface area (TPSA) is 87.7 Å². The summed E-state index contributed by atoms with van der Waals surface area (Å²) in [5.74, 6) is 4.09. The van der Waals surface area contributed by atoms with Crippen molar-refractivity contribution >= 4 is 15.9 Å². The first-order valence-corrected chi connectivity index (χ1v) is 7.12. The molecule has 0 unspecified atom stereocenters. The van der Waals surface area contributed by atoms with Crippen LogP contribution >= 0.6 is 0 Å². The fraction of sp³-hybridized carbons (Fsp3) is 0.333. The molecule has 0 atom stereocenters. The highest BCUT2D eigenvalue weighted by molar-refractivity contribution is 7.90. The third kappa shape index (κ3) is 5.54. The average molecular weight is 302 g/mol. The van der Waals surface area contributed by atoms with Gasteiger partial charge in [-0.05, 0) is 18.2 Å². The zero-order valence-electron chi connectivity index (χ0n) is 10.8. The summed E-state index contributed by atoms with van der Waals surface area (Å²) in [6, 6.07) is 3.61. The largest absolute Gasteiger partial charge is 0.384 e. The minimum Gasteiger partial charge on any atom is -0.384 e. The predicted molar refractivity (Wildman–Crippen MR) is 72.8 cm³/mol. The number of nitrogens with one attached hydrogen (secondary N) is 2. The highest BCUT2D eigenvalue weighted by atomic mass is 32.2. The standard InChI is InChI=1S/C12H15FN2O4S/c1-19-8-6-14-20(17,18)15-11-4-5-12(13)10(9-11)3-2-7-16/h4-5,9,14-16H,6-8H2,1H3. The van der Waals surface area contributed by atoms with Crippen molar-refractivity contribution in [2.75, 3.05) is 31.6 Å². The second kappa shape index (κ2) is 7.81. The van der Waals surface area contributed by atoms with Crippen LogP contribution in [-0.4, -0.2) is 40.4 Å². The maximum atomic E-state index is 13.4. The molecule has 0 bridgehead atoms.